The zero-order chi connectivity index (χ0) is 17.1. The van der Waals surface area contributed by atoms with Gasteiger partial charge in [0.05, 0.1) is 22.2 Å². The van der Waals surface area contributed by atoms with E-state index in [2.05, 4.69) is 10.3 Å². The Morgan fingerprint density at radius 1 is 1.33 bits per heavy atom. The van der Waals surface area contributed by atoms with Crippen molar-refractivity contribution in [3.05, 3.63) is 59.4 Å². The highest BCUT2D eigenvalue weighted by Gasteiger charge is 2.20. The fourth-order valence-electron chi connectivity index (χ4n) is 2.62. The molecule has 124 valence electrons. The number of nitrogens with one attached hydrogen (secondary N) is 1. The van der Waals surface area contributed by atoms with Crippen LogP contribution < -0.4 is 11.1 Å². The van der Waals surface area contributed by atoms with Gasteiger partial charge in [0.25, 0.3) is 0 Å². The van der Waals surface area contributed by atoms with Crippen molar-refractivity contribution in [2.24, 2.45) is 5.73 Å². The number of rotatable bonds is 5. The molecule has 0 aliphatic rings. The maximum atomic E-state index is 12.6. The number of benzene rings is 1. The molecule has 2 aromatic heterocycles. The van der Waals surface area contributed by atoms with Gasteiger partial charge in [-0.05, 0) is 29.7 Å². The molecular weight excluding hydrogens is 322 g/mol. The summed E-state index contributed by atoms with van der Waals surface area (Å²) < 4.78 is 1.04. The minimum absolute atomic E-state index is 0.0189. The highest BCUT2D eigenvalue weighted by Crippen LogP contribution is 2.31. The molecule has 0 aliphatic heterocycles. The highest BCUT2D eigenvalue weighted by atomic mass is 32.1. The fourth-order valence-corrected chi connectivity index (χ4v) is 3.62. The average Bonchev–Trinajstić information content (AvgIpc) is 3.00. The van der Waals surface area contributed by atoms with Crippen LogP contribution in [0.2, 0.25) is 0 Å². The largest absolute Gasteiger partial charge is 0.392 e. The predicted octanol–water partition coefficient (Wildman–Crippen LogP) is 2.78. The van der Waals surface area contributed by atoms with Crippen LogP contribution in [0.4, 0.5) is 5.00 Å². The Morgan fingerprint density at radius 3 is 2.71 bits per heavy atom. The van der Waals surface area contributed by atoms with E-state index >= 15 is 0 Å². The number of fused-ring (bicyclic) bond motifs is 1. The average molecular weight is 341 g/mol. The molecule has 1 atom stereocenters. The standard InChI is InChI=1S/C18H19N3O2S/c1-11-8-20-9-16-14(11)6-17(24-16)21-18(23)15(7-19)13-4-2-12(10-22)3-5-13/h2-6,8-9,15,22H,7,10,19H2,1H3,(H,21,23). The summed E-state index contributed by atoms with van der Waals surface area (Å²) in [5.41, 5.74) is 8.54. The van der Waals surface area contributed by atoms with Gasteiger partial charge in [-0.1, -0.05) is 24.3 Å². The van der Waals surface area contributed by atoms with Gasteiger partial charge in [0.15, 0.2) is 0 Å². The molecule has 2 heterocycles. The minimum Gasteiger partial charge on any atom is -0.392 e. The predicted molar refractivity (Wildman–Crippen MR) is 97.1 cm³/mol. The Morgan fingerprint density at radius 2 is 2.08 bits per heavy atom. The minimum atomic E-state index is -0.429. The Kier molecular flexibility index (Phi) is 4.89. The summed E-state index contributed by atoms with van der Waals surface area (Å²) in [5.74, 6) is -0.561. The molecule has 0 radical (unpaired) electrons. The van der Waals surface area contributed by atoms with E-state index in [0.717, 1.165) is 31.8 Å². The van der Waals surface area contributed by atoms with Crippen LogP contribution in [0.15, 0.2) is 42.7 Å². The van der Waals surface area contributed by atoms with E-state index in [-0.39, 0.29) is 19.1 Å². The quantitative estimate of drug-likeness (QED) is 0.666. The molecule has 1 unspecified atom stereocenters. The molecule has 1 amide bonds. The van der Waals surface area contributed by atoms with Gasteiger partial charge in [-0.25, -0.2) is 0 Å². The molecule has 3 rings (SSSR count). The first-order valence-corrected chi connectivity index (χ1v) is 8.48. The third kappa shape index (κ3) is 3.31. The van der Waals surface area contributed by atoms with Crippen LogP contribution in [0.5, 0.6) is 0 Å². The Balaban J connectivity index is 1.81. The first-order valence-electron chi connectivity index (χ1n) is 7.67. The van der Waals surface area contributed by atoms with E-state index < -0.39 is 5.92 Å². The summed E-state index contributed by atoms with van der Waals surface area (Å²) in [7, 11) is 0. The van der Waals surface area contributed by atoms with Crippen LogP contribution in [0.3, 0.4) is 0 Å². The SMILES string of the molecule is Cc1cncc2sc(NC(=O)C(CN)c3ccc(CO)cc3)cc12. The second-order valence-corrected chi connectivity index (χ2v) is 6.74. The summed E-state index contributed by atoms with van der Waals surface area (Å²) in [6, 6.07) is 9.25. The van der Waals surface area contributed by atoms with Crippen LogP contribution in [-0.4, -0.2) is 22.5 Å². The summed E-state index contributed by atoms with van der Waals surface area (Å²) in [4.78, 5) is 16.8. The number of aromatic nitrogens is 1. The van der Waals surface area contributed by atoms with Gasteiger partial charge >= 0.3 is 0 Å². The van der Waals surface area contributed by atoms with Gasteiger partial charge in [0.1, 0.15) is 0 Å². The number of aliphatic hydroxyl groups is 1. The van der Waals surface area contributed by atoms with E-state index in [9.17, 15) is 4.79 Å². The lowest BCUT2D eigenvalue weighted by atomic mass is 9.97. The molecule has 4 N–H and O–H groups in total. The second-order valence-electron chi connectivity index (χ2n) is 5.66. The lowest BCUT2D eigenvalue weighted by Crippen LogP contribution is -2.27. The number of pyridine rings is 1. The number of hydrogen-bond donors (Lipinski definition) is 3. The molecule has 5 nitrogen and oxygen atoms in total. The smallest absolute Gasteiger partial charge is 0.233 e. The van der Waals surface area contributed by atoms with Crippen LogP contribution in [0.25, 0.3) is 10.1 Å². The van der Waals surface area contributed by atoms with Crippen molar-refractivity contribution < 1.29 is 9.90 Å². The molecule has 0 bridgehead atoms. The monoisotopic (exact) mass is 341 g/mol. The van der Waals surface area contributed by atoms with Gasteiger partial charge in [-0.2, -0.15) is 0 Å². The molecule has 6 heteroatoms. The summed E-state index contributed by atoms with van der Waals surface area (Å²) in [5, 5.41) is 14.0. The molecule has 0 aliphatic carbocycles. The van der Waals surface area contributed by atoms with Crippen molar-refractivity contribution in [3.63, 3.8) is 0 Å². The summed E-state index contributed by atoms with van der Waals surface area (Å²) in [6.07, 6.45) is 3.61. The highest BCUT2D eigenvalue weighted by molar-refractivity contribution is 7.23. The third-order valence-electron chi connectivity index (χ3n) is 4.01. The number of nitrogens with zero attached hydrogens (tertiary/aromatic N) is 1. The Bertz CT molecular complexity index is 858. The van der Waals surface area contributed by atoms with Gasteiger partial charge in [-0.15, -0.1) is 11.3 Å². The Hall–Kier alpha value is -2.28. The van der Waals surface area contributed by atoms with Crippen LogP contribution >= 0.6 is 11.3 Å². The number of aliphatic hydroxyl groups excluding tert-OH is 1. The lowest BCUT2D eigenvalue weighted by molar-refractivity contribution is -0.117. The molecule has 0 fully saturated rings. The number of aryl methyl sites for hydroxylation is 1. The van der Waals surface area contributed by atoms with E-state index in [1.54, 1.807) is 18.3 Å². The van der Waals surface area contributed by atoms with Gasteiger partial charge in [-0.3, -0.25) is 9.78 Å². The van der Waals surface area contributed by atoms with E-state index in [4.69, 9.17) is 10.8 Å². The van der Waals surface area contributed by atoms with Crippen molar-refractivity contribution in [1.29, 1.82) is 0 Å². The van der Waals surface area contributed by atoms with Gasteiger partial charge < -0.3 is 16.2 Å². The molecule has 0 saturated heterocycles. The van der Waals surface area contributed by atoms with Crippen molar-refractivity contribution in [1.82, 2.24) is 4.98 Å². The number of anilines is 1. The van der Waals surface area contributed by atoms with Crippen LogP contribution in [0, 0.1) is 6.92 Å². The first kappa shape index (κ1) is 16.6. The number of amides is 1. The van der Waals surface area contributed by atoms with Gasteiger partial charge in [0, 0.05) is 24.3 Å². The molecule has 24 heavy (non-hydrogen) atoms. The normalized spacial score (nSPS) is 12.3. The number of hydrogen-bond acceptors (Lipinski definition) is 5. The van der Waals surface area contributed by atoms with E-state index in [1.807, 2.05) is 31.3 Å². The summed E-state index contributed by atoms with van der Waals surface area (Å²) >= 11 is 1.50. The van der Waals surface area contributed by atoms with E-state index in [0.29, 0.717) is 0 Å². The molecular formula is C18H19N3O2S. The number of nitrogens with two attached hydrogens (primary N) is 1. The molecule has 0 spiro atoms. The van der Waals surface area contributed by atoms with Crippen LogP contribution in [0.1, 0.15) is 22.6 Å². The van der Waals surface area contributed by atoms with Crippen molar-refractivity contribution in [2.75, 3.05) is 11.9 Å². The van der Waals surface area contributed by atoms with Crippen molar-refractivity contribution in [2.45, 2.75) is 19.4 Å². The lowest BCUT2D eigenvalue weighted by Gasteiger charge is -2.15. The molecule has 0 saturated carbocycles. The number of thiophene rings is 1. The third-order valence-corrected chi connectivity index (χ3v) is 4.99. The van der Waals surface area contributed by atoms with Crippen molar-refractivity contribution >= 4 is 32.3 Å². The zero-order valence-corrected chi connectivity index (χ0v) is 14.1. The number of carbonyl (C=O) groups excluding carboxylic acids is 1. The second kappa shape index (κ2) is 7.09. The zero-order valence-electron chi connectivity index (χ0n) is 13.3. The topological polar surface area (TPSA) is 88.2 Å². The number of carbonyl (C=O) groups is 1. The van der Waals surface area contributed by atoms with Crippen molar-refractivity contribution in [3.8, 4) is 0 Å². The molecule has 3 aromatic rings. The van der Waals surface area contributed by atoms with E-state index in [1.165, 1.54) is 11.3 Å². The fraction of sp³-hybridized carbons (Fsp3) is 0.222. The van der Waals surface area contributed by atoms with Crippen LogP contribution in [-0.2, 0) is 11.4 Å². The first-order chi connectivity index (χ1) is 11.6. The maximum absolute atomic E-state index is 12.6. The maximum Gasteiger partial charge on any atom is 0.233 e. The Labute approximate surface area is 144 Å². The summed E-state index contributed by atoms with van der Waals surface area (Å²) in [6.45, 7) is 2.20. The molecule has 1 aromatic carbocycles. The van der Waals surface area contributed by atoms with Gasteiger partial charge in [0.2, 0.25) is 5.91 Å².